The Labute approximate surface area is 156 Å². The second kappa shape index (κ2) is 7.29. The standard InChI is InChI=1S/C14H11BrClIN2O2S/c15-12-7-19-14(18)11(13(12)16)6-9(17)8-22(20,21)10-4-2-1-3-5-10/h1-7H,8H2,(H2,18,19)/b9-6+. The molecule has 0 saturated carbocycles. The van der Waals surface area contributed by atoms with E-state index < -0.39 is 9.84 Å². The fraction of sp³-hybridized carbons (Fsp3) is 0.0714. The first-order chi connectivity index (χ1) is 10.3. The Hall–Kier alpha value is -0.640. The molecule has 0 spiro atoms. The van der Waals surface area contributed by atoms with Crippen LogP contribution in [0.3, 0.4) is 0 Å². The first-order valence-electron chi connectivity index (χ1n) is 6.04. The third-order valence-corrected chi connectivity index (χ3v) is 6.90. The molecule has 0 radical (unpaired) electrons. The lowest BCUT2D eigenvalue weighted by atomic mass is 10.2. The van der Waals surface area contributed by atoms with E-state index in [-0.39, 0.29) is 16.5 Å². The van der Waals surface area contributed by atoms with Crippen molar-refractivity contribution in [1.82, 2.24) is 4.98 Å². The fourth-order valence-electron chi connectivity index (χ4n) is 1.72. The smallest absolute Gasteiger partial charge is 0.182 e. The summed E-state index contributed by atoms with van der Waals surface area (Å²) >= 11 is 11.4. The van der Waals surface area contributed by atoms with E-state index >= 15 is 0 Å². The van der Waals surface area contributed by atoms with Gasteiger partial charge in [0.2, 0.25) is 0 Å². The minimum Gasteiger partial charge on any atom is -0.383 e. The van der Waals surface area contributed by atoms with Gasteiger partial charge in [-0.2, -0.15) is 0 Å². The number of sulfone groups is 1. The van der Waals surface area contributed by atoms with Crippen LogP contribution in [0.4, 0.5) is 5.82 Å². The SMILES string of the molecule is Nc1ncc(Br)c(Cl)c1/C=C(/I)CS(=O)(=O)c1ccccc1. The number of nitrogen functional groups attached to an aromatic ring is 1. The summed E-state index contributed by atoms with van der Waals surface area (Å²) in [6, 6.07) is 8.29. The largest absolute Gasteiger partial charge is 0.383 e. The van der Waals surface area contributed by atoms with Crippen LogP contribution in [0.1, 0.15) is 5.56 Å². The van der Waals surface area contributed by atoms with Crippen LogP contribution in [0.15, 0.2) is 49.5 Å². The van der Waals surface area contributed by atoms with Crippen LogP contribution in [0, 0.1) is 0 Å². The van der Waals surface area contributed by atoms with Gasteiger partial charge in [0.05, 0.1) is 20.1 Å². The molecule has 2 aromatic rings. The lowest BCUT2D eigenvalue weighted by Crippen LogP contribution is -2.06. The molecule has 0 saturated heterocycles. The van der Waals surface area contributed by atoms with Gasteiger partial charge >= 0.3 is 0 Å². The van der Waals surface area contributed by atoms with Gasteiger partial charge in [0.25, 0.3) is 0 Å². The van der Waals surface area contributed by atoms with Crippen molar-refractivity contribution in [2.75, 3.05) is 11.5 Å². The summed E-state index contributed by atoms with van der Waals surface area (Å²) in [4.78, 5) is 4.28. The first kappa shape index (κ1) is 17.7. The van der Waals surface area contributed by atoms with Crippen molar-refractivity contribution in [2.45, 2.75) is 4.90 Å². The van der Waals surface area contributed by atoms with Crippen molar-refractivity contribution in [3.63, 3.8) is 0 Å². The number of nitrogens with two attached hydrogens (primary N) is 1. The van der Waals surface area contributed by atoms with Gasteiger partial charge in [0, 0.05) is 15.3 Å². The van der Waals surface area contributed by atoms with Gasteiger partial charge < -0.3 is 5.73 Å². The summed E-state index contributed by atoms with van der Waals surface area (Å²) in [5.41, 5.74) is 6.30. The average Bonchev–Trinajstić information content (AvgIpc) is 2.48. The highest BCUT2D eigenvalue weighted by Crippen LogP contribution is 2.31. The summed E-state index contributed by atoms with van der Waals surface area (Å²) < 4.78 is 25.9. The monoisotopic (exact) mass is 512 g/mol. The summed E-state index contributed by atoms with van der Waals surface area (Å²) in [6.45, 7) is 0. The molecule has 1 aromatic heterocycles. The van der Waals surface area contributed by atoms with Gasteiger partial charge in [-0.15, -0.1) is 0 Å². The van der Waals surface area contributed by atoms with E-state index in [0.29, 0.717) is 18.6 Å². The van der Waals surface area contributed by atoms with Gasteiger partial charge in [0.15, 0.2) is 9.84 Å². The van der Waals surface area contributed by atoms with Crippen molar-refractivity contribution < 1.29 is 8.42 Å². The third kappa shape index (κ3) is 4.21. The lowest BCUT2D eigenvalue weighted by molar-refractivity contribution is 0.599. The number of hydrogen-bond donors (Lipinski definition) is 1. The fourth-order valence-corrected chi connectivity index (χ4v) is 4.96. The number of rotatable bonds is 4. The Morgan fingerprint density at radius 2 is 2.00 bits per heavy atom. The predicted octanol–water partition coefficient (Wildman–Crippen LogP) is 4.33. The topological polar surface area (TPSA) is 73.0 Å². The van der Waals surface area contributed by atoms with E-state index in [0.717, 1.165) is 0 Å². The molecular weight excluding hydrogens is 502 g/mol. The molecule has 4 nitrogen and oxygen atoms in total. The molecule has 8 heteroatoms. The number of benzene rings is 1. The summed E-state index contributed by atoms with van der Waals surface area (Å²) in [5, 5.41) is 0.402. The zero-order chi connectivity index (χ0) is 16.3. The predicted molar refractivity (Wildman–Crippen MR) is 102 cm³/mol. The summed E-state index contributed by atoms with van der Waals surface area (Å²) in [6.07, 6.45) is 3.14. The van der Waals surface area contributed by atoms with Gasteiger partial charge in [-0.1, -0.05) is 29.8 Å². The maximum Gasteiger partial charge on any atom is 0.182 e. The van der Waals surface area contributed by atoms with Crippen LogP contribution in [-0.4, -0.2) is 19.2 Å². The average molecular weight is 514 g/mol. The van der Waals surface area contributed by atoms with Crippen LogP contribution in [0.25, 0.3) is 6.08 Å². The Balaban J connectivity index is 2.34. The second-order valence-corrected chi connectivity index (χ2v) is 8.99. The zero-order valence-electron chi connectivity index (χ0n) is 11.1. The number of pyridine rings is 1. The Morgan fingerprint density at radius 3 is 2.64 bits per heavy atom. The molecule has 0 aliphatic heterocycles. The molecule has 0 atom stereocenters. The van der Waals surface area contributed by atoms with Gasteiger partial charge in [-0.25, -0.2) is 13.4 Å². The molecule has 0 unspecified atom stereocenters. The number of hydrogen-bond acceptors (Lipinski definition) is 4. The third-order valence-electron chi connectivity index (χ3n) is 2.77. The van der Waals surface area contributed by atoms with E-state index in [1.165, 1.54) is 6.20 Å². The van der Waals surface area contributed by atoms with Gasteiger partial charge in [-0.3, -0.25) is 0 Å². The van der Waals surface area contributed by atoms with Crippen molar-refractivity contribution >= 4 is 71.9 Å². The molecule has 1 heterocycles. The minimum atomic E-state index is -3.41. The van der Waals surface area contributed by atoms with Crippen LogP contribution < -0.4 is 5.73 Å². The highest BCUT2D eigenvalue weighted by molar-refractivity contribution is 14.1. The van der Waals surface area contributed by atoms with E-state index in [1.807, 2.05) is 22.6 Å². The first-order valence-corrected chi connectivity index (χ1v) is 9.95. The number of halogens is 3. The highest BCUT2D eigenvalue weighted by atomic mass is 127. The molecule has 0 amide bonds. The van der Waals surface area contributed by atoms with Gasteiger partial charge in [0.1, 0.15) is 5.82 Å². The normalized spacial score (nSPS) is 12.4. The number of anilines is 1. The summed E-state index contributed by atoms with van der Waals surface area (Å²) in [5.74, 6) is 0.124. The van der Waals surface area contributed by atoms with Crippen molar-refractivity contribution in [2.24, 2.45) is 0 Å². The quantitative estimate of drug-likeness (QED) is 0.618. The Morgan fingerprint density at radius 1 is 1.36 bits per heavy atom. The molecule has 1 aromatic carbocycles. The van der Waals surface area contributed by atoms with Crippen LogP contribution >= 0.6 is 50.1 Å². The highest BCUT2D eigenvalue weighted by Gasteiger charge is 2.16. The van der Waals surface area contributed by atoms with Crippen molar-refractivity contribution in [1.29, 1.82) is 0 Å². The minimum absolute atomic E-state index is 0.125. The van der Waals surface area contributed by atoms with Crippen LogP contribution in [0.2, 0.25) is 5.02 Å². The van der Waals surface area contributed by atoms with E-state index in [1.54, 1.807) is 36.4 Å². The van der Waals surface area contributed by atoms with Crippen LogP contribution in [-0.2, 0) is 9.84 Å². The number of aromatic nitrogens is 1. The van der Waals surface area contributed by atoms with E-state index in [9.17, 15) is 8.42 Å². The molecule has 0 fully saturated rings. The molecule has 2 N–H and O–H groups in total. The zero-order valence-corrected chi connectivity index (χ0v) is 16.4. The molecule has 2 rings (SSSR count). The van der Waals surface area contributed by atoms with Crippen LogP contribution in [0.5, 0.6) is 0 Å². The second-order valence-electron chi connectivity index (χ2n) is 4.38. The summed E-state index contributed by atoms with van der Waals surface area (Å²) in [7, 11) is -3.41. The molecule has 0 aliphatic carbocycles. The molecular formula is C14H11BrClIN2O2S. The molecule has 22 heavy (non-hydrogen) atoms. The number of nitrogens with zero attached hydrogens (tertiary/aromatic N) is 1. The Kier molecular flexibility index (Phi) is 5.87. The maximum atomic E-state index is 12.3. The Bertz CT molecular complexity index is 826. The van der Waals surface area contributed by atoms with E-state index in [4.69, 9.17) is 17.3 Å². The van der Waals surface area contributed by atoms with E-state index in [2.05, 4.69) is 20.9 Å². The lowest BCUT2D eigenvalue weighted by Gasteiger charge is -2.07. The molecule has 116 valence electrons. The molecule has 0 aliphatic rings. The van der Waals surface area contributed by atoms with Gasteiger partial charge in [-0.05, 0) is 56.7 Å². The molecule has 0 bridgehead atoms. The van der Waals surface area contributed by atoms with Crippen molar-refractivity contribution in [3.8, 4) is 0 Å². The van der Waals surface area contributed by atoms with Crippen molar-refractivity contribution in [3.05, 3.63) is 55.2 Å². The maximum absolute atomic E-state index is 12.3.